The summed E-state index contributed by atoms with van der Waals surface area (Å²) in [7, 11) is 4.08. The lowest BCUT2D eigenvalue weighted by molar-refractivity contribution is 0.320. The summed E-state index contributed by atoms with van der Waals surface area (Å²) in [5.41, 5.74) is 1.10. The van der Waals surface area contributed by atoms with Crippen LogP contribution in [0.3, 0.4) is 0 Å². The Hall–Kier alpha value is -1.32. The molecule has 1 fully saturated rings. The summed E-state index contributed by atoms with van der Waals surface area (Å²) in [5.74, 6) is 3.76. The standard InChI is InChI=1S/C16H28N4/c1-11-13(17-5)18-15(16(2,3)4)19-14(11)20(6)10-12-8-7-9-12/h12H,7-10H2,1-6H3,(H,17,18,19). The number of aromatic nitrogens is 2. The fraction of sp³-hybridized carbons (Fsp3) is 0.750. The molecule has 1 aliphatic rings. The van der Waals surface area contributed by atoms with Gasteiger partial charge in [-0.05, 0) is 25.7 Å². The molecule has 1 N–H and O–H groups in total. The molecule has 0 aromatic carbocycles. The molecule has 1 aliphatic carbocycles. The van der Waals surface area contributed by atoms with Crippen molar-refractivity contribution in [2.45, 2.75) is 52.4 Å². The van der Waals surface area contributed by atoms with Gasteiger partial charge in [0.15, 0.2) is 0 Å². The predicted octanol–water partition coefficient (Wildman–Crippen LogP) is 3.36. The second-order valence-corrected chi connectivity index (χ2v) is 7.02. The Bertz CT molecular complexity index is 472. The van der Waals surface area contributed by atoms with E-state index < -0.39 is 0 Å². The van der Waals surface area contributed by atoms with Crippen molar-refractivity contribution in [1.29, 1.82) is 0 Å². The zero-order chi connectivity index (χ0) is 14.9. The number of nitrogens with one attached hydrogen (secondary N) is 1. The van der Waals surface area contributed by atoms with E-state index in [1.807, 2.05) is 7.05 Å². The zero-order valence-electron chi connectivity index (χ0n) is 13.7. The summed E-state index contributed by atoms with van der Waals surface area (Å²) in [6.45, 7) is 9.68. The zero-order valence-corrected chi connectivity index (χ0v) is 13.7. The number of hydrogen-bond acceptors (Lipinski definition) is 4. The minimum absolute atomic E-state index is 0.0363. The van der Waals surface area contributed by atoms with E-state index in [-0.39, 0.29) is 5.41 Å². The van der Waals surface area contributed by atoms with E-state index in [1.165, 1.54) is 19.3 Å². The molecule has 0 spiro atoms. The Labute approximate surface area is 123 Å². The van der Waals surface area contributed by atoms with Crippen LogP contribution in [0.5, 0.6) is 0 Å². The molecule has 1 saturated carbocycles. The molecule has 0 aliphatic heterocycles. The van der Waals surface area contributed by atoms with E-state index in [0.29, 0.717) is 0 Å². The van der Waals surface area contributed by atoms with Crippen molar-refractivity contribution in [3.63, 3.8) is 0 Å². The average molecular weight is 276 g/mol. The molecule has 4 nitrogen and oxygen atoms in total. The third-order valence-electron chi connectivity index (χ3n) is 4.15. The Morgan fingerprint density at radius 2 is 1.90 bits per heavy atom. The minimum Gasteiger partial charge on any atom is -0.373 e. The summed E-state index contributed by atoms with van der Waals surface area (Å²) in [4.78, 5) is 11.8. The summed E-state index contributed by atoms with van der Waals surface area (Å²) in [5, 5.41) is 3.21. The molecule has 1 aromatic heterocycles. The molecule has 2 rings (SSSR count). The molecule has 112 valence electrons. The van der Waals surface area contributed by atoms with Crippen LogP contribution in [0.25, 0.3) is 0 Å². The molecule has 20 heavy (non-hydrogen) atoms. The normalized spacial score (nSPS) is 15.9. The van der Waals surface area contributed by atoms with Crippen LogP contribution in [0, 0.1) is 12.8 Å². The van der Waals surface area contributed by atoms with Gasteiger partial charge in [0, 0.05) is 31.6 Å². The van der Waals surface area contributed by atoms with E-state index in [4.69, 9.17) is 4.98 Å². The van der Waals surface area contributed by atoms with Gasteiger partial charge in [-0.3, -0.25) is 0 Å². The third kappa shape index (κ3) is 3.05. The summed E-state index contributed by atoms with van der Waals surface area (Å²) in [6.07, 6.45) is 4.11. The second kappa shape index (κ2) is 5.58. The second-order valence-electron chi connectivity index (χ2n) is 7.02. The average Bonchev–Trinajstić information content (AvgIpc) is 2.32. The molecule has 1 aromatic rings. The Morgan fingerprint density at radius 1 is 1.25 bits per heavy atom. The highest BCUT2D eigenvalue weighted by atomic mass is 15.2. The van der Waals surface area contributed by atoms with Gasteiger partial charge >= 0.3 is 0 Å². The van der Waals surface area contributed by atoms with E-state index in [0.717, 1.165) is 35.5 Å². The van der Waals surface area contributed by atoms with Gasteiger partial charge in [0.2, 0.25) is 0 Å². The highest BCUT2D eigenvalue weighted by Crippen LogP contribution is 2.31. The molecule has 0 radical (unpaired) electrons. The van der Waals surface area contributed by atoms with Crippen LogP contribution in [-0.4, -0.2) is 30.6 Å². The van der Waals surface area contributed by atoms with Crippen molar-refractivity contribution < 1.29 is 0 Å². The largest absolute Gasteiger partial charge is 0.373 e. The van der Waals surface area contributed by atoms with Gasteiger partial charge in [-0.1, -0.05) is 27.2 Å². The van der Waals surface area contributed by atoms with Gasteiger partial charge in [0.1, 0.15) is 17.5 Å². The molecule has 4 heteroatoms. The van der Waals surface area contributed by atoms with Gasteiger partial charge in [0.25, 0.3) is 0 Å². The monoisotopic (exact) mass is 276 g/mol. The molecule has 1 heterocycles. The molecule has 0 bridgehead atoms. The van der Waals surface area contributed by atoms with E-state index in [2.05, 4.69) is 49.9 Å². The summed E-state index contributed by atoms with van der Waals surface area (Å²) < 4.78 is 0. The van der Waals surface area contributed by atoms with Crippen molar-refractivity contribution in [2.24, 2.45) is 5.92 Å². The highest BCUT2D eigenvalue weighted by Gasteiger charge is 2.24. The number of nitrogens with zero attached hydrogens (tertiary/aromatic N) is 3. The maximum atomic E-state index is 4.84. The molecule has 0 saturated heterocycles. The number of anilines is 2. The van der Waals surface area contributed by atoms with Crippen molar-refractivity contribution in [3.05, 3.63) is 11.4 Å². The first-order valence-electron chi connectivity index (χ1n) is 7.61. The van der Waals surface area contributed by atoms with Crippen molar-refractivity contribution in [3.8, 4) is 0 Å². The number of hydrogen-bond donors (Lipinski definition) is 1. The van der Waals surface area contributed by atoms with Gasteiger partial charge < -0.3 is 10.2 Å². The Balaban J connectivity index is 2.34. The van der Waals surface area contributed by atoms with Crippen molar-refractivity contribution in [1.82, 2.24) is 9.97 Å². The van der Waals surface area contributed by atoms with Gasteiger partial charge in [-0.25, -0.2) is 9.97 Å². The summed E-state index contributed by atoms with van der Waals surface area (Å²) in [6, 6.07) is 0. The quantitative estimate of drug-likeness (QED) is 0.915. The lowest BCUT2D eigenvalue weighted by Gasteiger charge is -2.32. The van der Waals surface area contributed by atoms with Crippen LogP contribution in [0.4, 0.5) is 11.6 Å². The first-order valence-corrected chi connectivity index (χ1v) is 7.61. The predicted molar refractivity (Wildman–Crippen MR) is 85.6 cm³/mol. The Kier molecular flexibility index (Phi) is 4.21. The highest BCUT2D eigenvalue weighted by molar-refractivity contribution is 5.58. The SMILES string of the molecule is CNc1nc(C(C)(C)C)nc(N(C)CC2CCC2)c1C. The van der Waals surface area contributed by atoms with Crippen molar-refractivity contribution >= 4 is 11.6 Å². The van der Waals surface area contributed by atoms with Crippen LogP contribution in [0.1, 0.15) is 51.4 Å². The lowest BCUT2D eigenvalue weighted by atomic mass is 9.85. The first kappa shape index (κ1) is 15.1. The van der Waals surface area contributed by atoms with Gasteiger partial charge in [-0.2, -0.15) is 0 Å². The Morgan fingerprint density at radius 3 is 2.35 bits per heavy atom. The molecular formula is C16H28N4. The van der Waals surface area contributed by atoms with Gasteiger partial charge in [-0.15, -0.1) is 0 Å². The summed E-state index contributed by atoms with van der Waals surface area (Å²) >= 11 is 0. The van der Waals surface area contributed by atoms with Crippen LogP contribution >= 0.6 is 0 Å². The fourth-order valence-corrected chi connectivity index (χ4v) is 2.60. The van der Waals surface area contributed by atoms with E-state index in [1.54, 1.807) is 0 Å². The lowest BCUT2D eigenvalue weighted by Crippen LogP contribution is -2.31. The molecule has 0 amide bonds. The maximum absolute atomic E-state index is 4.84. The topological polar surface area (TPSA) is 41.1 Å². The minimum atomic E-state index is -0.0363. The van der Waals surface area contributed by atoms with Crippen molar-refractivity contribution in [2.75, 3.05) is 30.9 Å². The van der Waals surface area contributed by atoms with Crippen LogP contribution in [0.2, 0.25) is 0 Å². The fourth-order valence-electron chi connectivity index (χ4n) is 2.60. The molecular weight excluding hydrogens is 248 g/mol. The van der Waals surface area contributed by atoms with E-state index >= 15 is 0 Å². The number of rotatable bonds is 4. The van der Waals surface area contributed by atoms with Crippen LogP contribution in [0.15, 0.2) is 0 Å². The third-order valence-corrected chi connectivity index (χ3v) is 4.15. The molecule has 0 atom stereocenters. The van der Waals surface area contributed by atoms with Gasteiger partial charge in [0.05, 0.1) is 0 Å². The molecule has 0 unspecified atom stereocenters. The maximum Gasteiger partial charge on any atom is 0.138 e. The van der Waals surface area contributed by atoms with Crippen LogP contribution in [-0.2, 0) is 5.41 Å². The first-order chi connectivity index (χ1) is 9.32. The van der Waals surface area contributed by atoms with Crippen LogP contribution < -0.4 is 10.2 Å². The van der Waals surface area contributed by atoms with E-state index in [9.17, 15) is 0 Å². The smallest absolute Gasteiger partial charge is 0.138 e.